The van der Waals surface area contributed by atoms with E-state index in [1.54, 1.807) is 0 Å². The zero-order valence-corrected chi connectivity index (χ0v) is 107. The van der Waals surface area contributed by atoms with E-state index in [4.69, 9.17) is 42.2 Å². The van der Waals surface area contributed by atoms with Crippen LogP contribution >= 0.6 is 0 Å². The van der Waals surface area contributed by atoms with Crippen molar-refractivity contribution in [3.8, 4) is 0 Å². The second kappa shape index (κ2) is 111. The normalized spacial score (nSPS) is 12.2. The van der Waals surface area contributed by atoms with Crippen LogP contribution in [0.2, 0.25) is 0 Å². The van der Waals surface area contributed by atoms with Gasteiger partial charge in [0.25, 0.3) is 0 Å². The van der Waals surface area contributed by atoms with Gasteiger partial charge in [-0.05, 0) is 32.1 Å². The van der Waals surface area contributed by atoms with Gasteiger partial charge in [0, 0.05) is 0 Å². The van der Waals surface area contributed by atoms with Gasteiger partial charge in [-0.3, -0.25) is 20.9 Å². The molecule has 0 aliphatic carbocycles. The van der Waals surface area contributed by atoms with Crippen molar-refractivity contribution in [2.24, 2.45) is 0 Å². The molecule has 0 unspecified atom stereocenters. The van der Waals surface area contributed by atoms with Crippen LogP contribution in [-0.4, -0.2) is 166 Å². The summed E-state index contributed by atoms with van der Waals surface area (Å²) in [5.74, 6) is 0. The monoisotopic (exact) mass is 2490 g/mol. The molecule has 0 aromatic carbocycles. The van der Waals surface area contributed by atoms with Gasteiger partial charge in [-0.1, -0.05) is 383 Å². The summed E-state index contributed by atoms with van der Waals surface area (Å²) in [6.45, 7) is 16.3. The number of rotatable bonds is 108. The zero-order valence-electron chi connectivity index (χ0n) is 89.3. The Labute approximate surface area is 916 Å². The van der Waals surface area contributed by atoms with Crippen molar-refractivity contribution < 1.29 is 184 Å². The molecule has 1 radical (unpaired) electrons. The van der Waals surface area contributed by atoms with Crippen LogP contribution in [0.4, 0.5) is 0 Å². The summed E-state index contributed by atoms with van der Waals surface area (Å²) in [4.78, 5) is 0. The van der Waals surface area contributed by atoms with Gasteiger partial charge in [0.1, 0.15) is 0 Å². The fourth-order valence-corrected chi connectivity index (χ4v) is 29.3. The second-order valence-corrected chi connectivity index (χ2v) is 53.2. The maximum atomic E-state index is 12.6. The maximum absolute atomic E-state index is 12.6. The van der Waals surface area contributed by atoms with Gasteiger partial charge < -0.3 is 18.8 Å². The summed E-state index contributed by atoms with van der Waals surface area (Å²) < 4.78 is 277. The van der Waals surface area contributed by atoms with Crippen LogP contribution in [0.3, 0.4) is 0 Å². The molecule has 0 fully saturated rings. The van der Waals surface area contributed by atoms with E-state index < -0.39 is 120 Å². The van der Waals surface area contributed by atoms with E-state index >= 15 is 0 Å². The molecule has 0 saturated carbocycles. The van der Waals surface area contributed by atoms with Gasteiger partial charge in [-0.25, -0.2) is 16.8 Å². The van der Waals surface area contributed by atoms with E-state index in [0.717, 1.165) is 180 Å². The summed E-state index contributed by atoms with van der Waals surface area (Å²) in [6, 6.07) is 0. The molecule has 0 atom stereocenters. The van der Waals surface area contributed by atoms with Crippen LogP contribution in [0.5, 0.6) is 0 Å². The van der Waals surface area contributed by atoms with Crippen LogP contribution in [0.1, 0.15) is 569 Å². The van der Waals surface area contributed by atoms with Gasteiger partial charge in [-0.15, -0.1) is 0 Å². The fraction of sp³-hybridized carbons (Fsp3) is 1.00. The summed E-state index contributed by atoms with van der Waals surface area (Å²) in [5.41, 5.74) is 0. The Kier molecular flexibility index (Phi) is 121. The van der Waals surface area contributed by atoms with E-state index in [9.17, 15) is 76.4 Å². The van der Waals surface area contributed by atoms with Crippen molar-refractivity contribution in [2.75, 3.05) is 52.9 Å². The molecule has 0 bridgehead atoms. The minimum absolute atomic E-state index is 0. The molecular formula is C96H200AlHgNaO32S8Sb. The first-order valence-corrected chi connectivity index (χ1v) is 69.8. The van der Waals surface area contributed by atoms with E-state index in [0.29, 0.717) is 51.4 Å². The van der Waals surface area contributed by atoms with E-state index in [2.05, 4.69) is 63.8 Å². The molecule has 0 aromatic heterocycles. The van der Waals surface area contributed by atoms with E-state index in [1.165, 1.54) is 283 Å². The third-order valence-electron chi connectivity index (χ3n) is 22.9. The Morgan fingerprint density at radius 1 is 0.164 bits per heavy atom. The van der Waals surface area contributed by atoms with Gasteiger partial charge in [0.05, 0.1) is 33.0 Å². The molecule has 0 aliphatic heterocycles. The quantitative estimate of drug-likeness (QED) is 0.0236. The first-order chi connectivity index (χ1) is 66.1. The van der Waals surface area contributed by atoms with Gasteiger partial charge in [0.2, 0.25) is 20.8 Å². The molecule has 32 nitrogen and oxygen atoms in total. The first kappa shape index (κ1) is 153. The number of hydrogen-bond donors (Lipinski definition) is 0. The summed E-state index contributed by atoms with van der Waals surface area (Å²) in [6.07, 6.45) is 85.7. The van der Waals surface area contributed by atoms with Gasteiger partial charge >= 0.3 is 375 Å². The Bertz CT molecular complexity index is 3040. The molecule has 44 heteroatoms. The Hall–Kier alpha value is 2.25. The first-order valence-electron chi connectivity index (χ1n) is 54.6. The molecule has 0 amide bonds. The predicted octanol–water partition coefficient (Wildman–Crippen LogP) is 24.9. The molecule has 835 valence electrons. The van der Waals surface area contributed by atoms with Crippen LogP contribution in [0, 0.1) is 0 Å². The van der Waals surface area contributed by atoms with Crippen LogP contribution in [-0.2, 0) is 161 Å². The molecule has 0 heterocycles. The molecule has 0 aromatic rings. The fourth-order valence-electron chi connectivity index (χ4n) is 14.7. The van der Waals surface area contributed by atoms with Crippen molar-refractivity contribution in [1.82, 2.24) is 0 Å². The average Bonchev–Trinajstić information content (AvgIpc) is 0.849. The zero-order chi connectivity index (χ0) is 103. The number of hydrogen-bond acceptors (Lipinski definition) is 32. The summed E-state index contributed by atoms with van der Waals surface area (Å²) in [7, 11) is -38.0. The third kappa shape index (κ3) is 131. The van der Waals surface area contributed by atoms with Crippen LogP contribution in [0.25, 0.3) is 0 Å². The SMILES string of the molecule is CCCCCCCCCCCCOS(=O)(=O)[O-].CCCCCCCCCCCCOS(=O)(=O)[O-].CCCCCCCCCCCCOS(=O)(=O)[O][Al]([O]S(=O)(=O)OCCCCCCCCCCCC)[O]S(=O)(=O)OCCCCCCCCCCCC.CCCCCCCCCCCCOS(=O)(=O)[O][Sb]([O]S(=O)(=O)OCCCCCCCCCCCC)[O]S(=O)(=O)OCCCCCCCCCCCC.[Hg+].[Na+]. The predicted molar refractivity (Wildman–Crippen MR) is 553 cm³/mol. The molecule has 0 N–H and O–H groups in total. The van der Waals surface area contributed by atoms with Crippen molar-refractivity contribution in [2.45, 2.75) is 569 Å². The second-order valence-electron chi connectivity index (χ2n) is 36.3. The van der Waals surface area contributed by atoms with Crippen molar-refractivity contribution in [1.29, 1.82) is 0 Å². The van der Waals surface area contributed by atoms with Crippen molar-refractivity contribution in [3.05, 3.63) is 0 Å². The van der Waals surface area contributed by atoms with E-state index in [-0.39, 0.29) is 110 Å². The van der Waals surface area contributed by atoms with Gasteiger partial charge in [-0.2, -0.15) is 25.3 Å². The summed E-state index contributed by atoms with van der Waals surface area (Å²) in [5, 5.41) is 0. The molecule has 0 rings (SSSR count). The average molecular weight is 2500 g/mol. The molecule has 0 saturated heterocycles. The van der Waals surface area contributed by atoms with Crippen LogP contribution < -0.4 is 29.6 Å². The van der Waals surface area contributed by atoms with Crippen LogP contribution in [0.15, 0.2) is 0 Å². The van der Waals surface area contributed by atoms with E-state index in [1.807, 2.05) is 0 Å². The minimum Gasteiger partial charge on any atom is -0.0654 e. The summed E-state index contributed by atoms with van der Waals surface area (Å²) >= 11 is -9.57. The Morgan fingerprint density at radius 2 is 0.264 bits per heavy atom. The number of unbranched alkanes of at least 4 members (excludes halogenated alkanes) is 72. The minimum atomic E-state index is -5.06. The smallest absolute Gasteiger partial charge is 0.0654 e. The van der Waals surface area contributed by atoms with Gasteiger partial charge in [0.15, 0.2) is 0 Å². The Morgan fingerprint density at radius 3 is 0.379 bits per heavy atom. The molecule has 0 aliphatic rings. The topological polar surface area (TPSA) is 448 Å². The van der Waals surface area contributed by atoms with Crippen molar-refractivity contribution >= 4 is 120 Å². The third-order valence-corrected chi connectivity index (χ3v) is 39.9. The van der Waals surface area contributed by atoms with Crippen molar-refractivity contribution in [3.63, 3.8) is 0 Å². The molecular weight excluding hydrogens is 2290 g/mol. The Balaban J connectivity index is -0.000000475. The molecule has 140 heavy (non-hydrogen) atoms. The molecule has 0 spiro atoms. The standard InChI is InChI=1S/8C12H26O4S.Al.Hg.Na.Sb/c8*1-2-3-4-5-6-7-8-9-10-11-12-16-17(13,14)15;;;;/h8*2-12H2,1H3,(H,13,14,15);;;;/q;;;;;;;;+3;2*+1;+3/p-8.